The number of carbonyl (C=O) groups excluding carboxylic acids is 2. The largest absolute Gasteiger partial charge is 0.378 e. The highest BCUT2D eigenvalue weighted by Crippen LogP contribution is 2.31. The summed E-state index contributed by atoms with van der Waals surface area (Å²) in [5.41, 5.74) is 4.03. The zero-order chi connectivity index (χ0) is 26.0. The first-order valence-corrected chi connectivity index (χ1v) is 12.4. The number of nitrogens with zero attached hydrogens (tertiary/aromatic N) is 4. The SMILES string of the molecule is CN(C)c1ccc(CN2C(=O)c3cc(-c4ccccc4)nn3C[C@@]2(C)C(=O)NCc2ccccc2)cc1. The van der Waals surface area contributed by atoms with Crippen LogP contribution in [0.25, 0.3) is 11.3 Å². The molecule has 1 atom stereocenters. The molecule has 0 unspecified atom stereocenters. The highest BCUT2D eigenvalue weighted by molar-refractivity contribution is 6.00. The van der Waals surface area contributed by atoms with E-state index in [0.29, 0.717) is 24.5 Å². The van der Waals surface area contributed by atoms with E-state index in [2.05, 4.69) is 5.32 Å². The summed E-state index contributed by atoms with van der Waals surface area (Å²) in [6.07, 6.45) is 0. The lowest BCUT2D eigenvalue weighted by molar-refractivity contribution is -0.133. The van der Waals surface area contributed by atoms with Crippen molar-refractivity contribution in [1.29, 1.82) is 0 Å². The van der Waals surface area contributed by atoms with Crippen molar-refractivity contribution in [1.82, 2.24) is 20.0 Å². The lowest BCUT2D eigenvalue weighted by Crippen LogP contribution is -2.63. The average Bonchev–Trinajstić information content (AvgIpc) is 3.35. The van der Waals surface area contributed by atoms with Gasteiger partial charge in [-0.1, -0.05) is 72.8 Å². The van der Waals surface area contributed by atoms with Crippen molar-refractivity contribution in [3.8, 4) is 11.3 Å². The minimum atomic E-state index is -1.13. The quantitative estimate of drug-likeness (QED) is 0.416. The third kappa shape index (κ3) is 4.85. The first-order valence-electron chi connectivity index (χ1n) is 12.4. The number of anilines is 1. The van der Waals surface area contributed by atoms with E-state index in [0.717, 1.165) is 22.4 Å². The normalized spacial score (nSPS) is 16.8. The minimum absolute atomic E-state index is 0.211. The molecule has 0 aliphatic carbocycles. The molecule has 1 N–H and O–H groups in total. The molecule has 0 saturated heterocycles. The van der Waals surface area contributed by atoms with E-state index in [1.807, 2.05) is 117 Å². The Morgan fingerprint density at radius 3 is 2.24 bits per heavy atom. The van der Waals surface area contributed by atoms with Gasteiger partial charge < -0.3 is 15.1 Å². The summed E-state index contributed by atoms with van der Waals surface area (Å²) in [6.45, 7) is 2.78. The molecule has 1 aliphatic rings. The Kier molecular flexibility index (Phi) is 6.53. The number of carbonyl (C=O) groups is 2. The number of nitrogens with one attached hydrogen (secondary N) is 1. The molecular weight excluding hydrogens is 462 g/mol. The molecule has 5 rings (SSSR count). The number of amides is 2. The Morgan fingerprint density at radius 2 is 1.59 bits per heavy atom. The predicted molar refractivity (Wildman–Crippen MR) is 145 cm³/mol. The van der Waals surface area contributed by atoms with Crippen molar-refractivity contribution in [3.05, 3.63) is 108 Å². The molecule has 1 aromatic heterocycles. The van der Waals surface area contributed by atoms with Gasteiger partial charge >= 0.3 is 0 Å². The van der Waals surface area contributed by atoms with Crippen molar-refractivity contribution in [2.45, 2.75) is 32.1 Å². The third-order valence-electron chi connectivity index (χ3n) is 6.95. The molecule has 0 radical (unpaired) electrons. The van der Waals surface area contributed by atoms with Crippen LogP contribution in [0.4, 0.5) is 5.69 Å². The monoisotopic (exact) mass is 493 g/mol. The van der Waals surface area contributed by atoms with Gasteiger partial charge in [0, 0.05) is 38.4 Å². The fourth-order valence-electron chi connectivity index (χ4n) is 4.69. The van der Waals surface area contributed by atoms with E-state index >= 15 is 0 Å². The minimum Gasteiger partial charge on any atom is -0.378 e. The molecule has 7 heteroatoms. The predicted octanol–water partition coefficient (Wildman–Crippen LogP) is 4.35. The summed E-state index contributed by atoms with van der Waals surface area (Å²) in [5, 5.41) is 7.78. The summed E-state index contributed by atoms with van der Waals surface area (Å²) in [7, 11) is 3.98. The first kappa shape index (κ1) is 24.3. The Labute approximate surface area is 217 Å². The molecule has 3 aromatic carbocycles. The van der Waals surface area contributed by atoms with Gasteiger partial charge in [0.1, 0.15) is 11.2 Å². The van der Waals surface area contributed by atoms with Gasteiger partial charge in [-0.25, -0.2) is 0 Å². The van der Waals surface area contributed by atoms with Gasteiger partial charge in [-0.2, -0.15) is 5.10 Å². The number of aromatic nitrogens is 2. The second kappa shape index (κ2) is 9.93. The highest BCUT2D eigenvalue weighted by Gasteiger charge is 2.48. The molecule has 4 aromatic rings. The van der Waals surface area contributed by atoms with E-state index in [-0.39, 0.29) is 18.4 Å². The molecule has 7 nitrogen and oxygen atoms in total. The fourth-order valence-corrected chi connectivity index (χ4v) is 4.69. The standard InChI is InChI=1S/C30H31N5O2/c1-30(29(37)31-19-22-10-6-4-7-11-22)21-35-27(18-26(32-35)24-12-8-5-9-13-24)28(36)34(30)20-23-14-16-25(17-15-23)33(2)3/h4-18H,19-21H2,1-3H3,(H,31,37)/t30-/m0/s1. The molecule has 0 saturated carbocycles. The lowest BCUT2D eigenvalue weighted by atomic mass is 9.94. The second-order valence-corrected chi connectivity index (χ2v) is 9.83. The van der Waals surface area contributed by atoms with Crippen LogP contribution < -0.4 is 10.2 Å². The Bertz CT molecular complexity index is 1400. The Hall–Kier alpha value is -4.39. The topological polar surface area (TPSA) is 70.5 Å². The number of fused-ring (bicyclic) bond motifs is 1. The van der Waals surface area contributed by atoms with Crippen LogP contribution in [0.2, 0.25) is 0 Å². The third-order valence-corrected chi connectivity index (χ3v) is 6.95. The van der Waals surface area contributed by atoms with Crippen LogP contribution in [0.15, 0.2) is 91.0 Å². The number of hydrogen-bond donors (Lipinski definition) is 1. The summed E-state index contributed by atoms with van der Waals surface area (Å²) in [5.74, 6) is -0.424. The van der Waals surface area contributed by atoms with Crippen molar-refractivity contribution in [2.24, 2.45) is 0 Å². The van der Waals surface area contributed by atoms with Crippen LogP contribution in [-0.4, -0.2) is 46.1 Å². The van der Waals surface area contributed by atoms with Crippen molar-refractivity contribution >= 4 is 17.5 Å². The van der Waals surface area contributed by atoms with Gasteiger partial charge in [-0.15, -0.1) is 0 Å². The summed E-state index contributed by atoms with van der Waals surface area (Å²) < 4.78 is 1.68. The fraction of sp³-hybridized carbons (Fsp3) is 0.233. The molecule has 2 heterocycles. The smallest absolute Gasteiger partial charge is 0.273 e. The van der Waals surface area contributed by atoms with Crippen LogP contribution in [-0.2, 0) is 24.4 Å². The molecule has 188 valence electrons. The van der Waals surface area contributed by atoms with Crippen LogP contribution in [0.3, 0.4) is 0 Å². The maximum Gasteiger partial charge on any atom is 0.273 e. The number of benzene rings is 3. The van der Waals surface area contributed by atoms with Gasteiger partial charge in [-0.05, 0) is 36.2 Å². The van der Waals surface area contributed by atoms with E-state index in [1.165, 1.54) is 0 Å². The van der Waals surface area contributed by atoms with Gasteiger partial charge in [-0.3, -0.25) is 14.3 Å². The highest BCUT2D eigenvalue weighted by atomic mass is 16.2. The summed E-state index contributed by atoms with van der Waals surface area (Å²) in [4.78, 5) is 31.3. The van der Waals surface area contributed by atoms with Crippen molar-refractivity contribution in [3.63, 3.8) is 0 Å². The van der Waals surface area contributed by atoms with E-state index in [9.17, 15) is 9.59 Å². The zero-order valence-corrected chi connectivity index (χ0v) is 21.4. The van der Waals surface area contributed by atoms with Crippen LogP contribution in [0, 0.1) is 0 Å². The van der Waals surface area contributed by atoms with Gasteiger partial charge in [0.2, 0.25) is 5.91 Å². The molecule has 0 bridgehead atoms. The van der Waals surface area contributed by atoms with E-state index in [4.69, 9.17) is 5.10 Å². The molecular formula is C30H31N5O2. The first-order chi connectivity index (χ1) is 17.8. The molecule has 0 spiro atoms. The Balaban J connectivity index is 1.48. The maximum absolute atomic E-state index is 13.9. The molecule has 2 amide bonds. The van der Waals surface area contributed by atoms with Crippen LogP contribution in [0.1, 0.15) is 28.5 Å². The van der Waals surface area contributed by atoms with Gasteiger partial charge in [0.25, 0.3) is 5.91 Å². The lowest BCUT2D eigenvalue weighted by Gasteiger charge is -2.43. The number of hydrogen-bond acceptors (Lipinski definition) is 4. The molecule has 0 fully saturated rings. The Morgan fingerprint density at radius 1 is 0.946 bits per heavy atom. The maximum atomic E-state index is 13.9. The van der Waals surface area contributed by atoms with E-state index in [1.54, 1.807) is 9.58 Å². The second-order valence-electron chi connectivity index (χ2n) is 9.83. The van der Waals surface area contributed by atoms with Crippen molar-refractivity contribution < 1.29 is 9.59 Å². The zero-order valence-electron chi connectivity index (χ0n) is 21.4. The van der Waals surface area contributed by atoms with Crippen LogP contribution >= 0.6 is 0 Å². The summed E-state index contributed by atoms with van der Waals surface area (Å²) >= 11 is 0. The van der Waals surface area contributed by atoms with Gasteiger partial charge in [0.05, 0.1) is 12.2 Å². The van der Waals surface area contributed by atoms with Crippen molar-refractivity contribution in [2.75, 3.05) is 19.0 Å². The number of rotatable bonds is 7. The molecule has 1 aliphatic heterocycles. The molecule has 37 heavy (non-hydrogen) atoms. The summed E-state index contributed by atoms with van der Waals surface area (Å²) in [6, 6.07) is 29.4. The van der Waals surface area contributed by atoms with Crippen LogP contribution in [0.5, 0.6) is 0 Å². The average molecular weight is 494 g/mol. The van der Waals surface area contributed by atoms with E-state index < -0.39 is 5.54 Å². The van der Waals surface area contributed by atoms with Gasteiger partial charge in [0.15, 0.2) is 0 Å².